The van der Waals surface area contributed by atoms with Crippen LogP contribution in [0.15, 0.2) is 58.5 Å². The van der Waals surface area contributed by atoms with Crippen LogP contribution in [0.4, 0.5) is 8.78 Å². The number of halogens is 2. The normalized spacial score (nSPS) is 14.2. The Hall–Kier alpha value is -2.94. The Balaban J connectivity index is 1.36. The second-order valence-corrected chi connectivity index (χ2v) is 8.88. The minimum absolute atomic E-state index is 0.0466. The van der Waals surface area contributed by atoms with Gasteiger partial charge in [0.1, 0.15) is 5.75 Å². The third-order valence-corrected chi connectivity index (χ3v) is 6.63. The van der Waals surface area contributed by atoms with Gasteiger partial charge in [0.15, 0.2) is 5.16 Å². The molecule has 9 heteroatoms. The molecule has 0 aliphatic heterocycles. The summed E-state index contributed by atoms with van der Waals surface area (Å²) in [7, 11) is 0. The summed E-state index contributed by atoms with van der Waals surface area (Å²) in [4.78, 5) is 30.3. The molecular weight excluding hydrogens is 448 g/mol. The minimum Gasteiger partial charge on any atom is -0.435 e. The number of thioether (sulfide) groups is 1. The summed E-state index contributed by atoms with van der Waals surface area (Å²) in [5, 5.41) is 4.04. The molecule has 1 aliphatic rings. The van der Waals surface area contributed by atoms with Crippen LogP contribution in [0, 0.1) is 0 Å². The summed E-state index contributed by atoms with van der Waals surface area (Å²) in [6.45, 7) is -2.44. The number of para-hydroxylation sites is 1. The molecular formula is C24H25F2N3O3S. The maximum absolute atomic E-state index is 13.2. The lowest BCUT2D eigenvalue weighted by atomic mass is 10.1. The number of aromatic nitrogens is 2. The zero-order chi connectivity index (χ0) is 23.2. The van der Waals surface area contributed by atoms with Crippen molar-refractivity contribution in [2.24, 2.45) is 0 Å². The molecule has 0 saturated heterocycles. The van der Waals surface area contributed by atoms with Crippen molar-refractivity contribution in [3.8, 4) is 5.75 Å². The van der Waals surface area contributed by atoms with Crippen LogP contribution in [0.3, 0.4) is 0 Å². The molecule has 1 aliphatic carbocycles. The number of hydrogen-bond donors (Lipinski definition) is 1. The predicted octanol–water partition coefficient (Wildman–Crippen LogP) is 4.56. The molecule has 1 saturated carbocycles. The van der Waals surface area contributed by atoms with Crippen LogP contribution < -0.4 is 15.6 Å². The summed E-state index contributed by atoms with van der Waals surface area (Å²) < 4.78 is 30.6. The quantitative estimate of drug-likeness (QED) is 0.364. The van der Waals surface area contributed by atoms with Gasteiger partial charge in [0.05, 0.1) is 16.7 Å². The fourth-order valence-corrected chi connectivity index (χ4v) is 4.97. The van der Waals surface area contributed by atoms with Gasteiger partial charge >= 0.3 is 6.61 Å². The summed E-state index contributed by atoms with van der Waals surface area (Å²) in [6, 6.07) is 13.8. The molecule has 3 aromatic rings. The maximum Gasteiger partial charge on any atom is 0.387 e. The second-order valence-electron chi connectivity index (χ2n) is 7.94. The molecule has 1 N–H and O–H groups in total. The van der Waals surface area contributed by atoms with Gasteiger partial charge in [0.25, 0.3) is 5.56 Å². The minimum atomic E-state index is -2.85. The van der Waals surface area contributed by atoms with E-state index in [1.54, 1.807) is 22.8 Å². The lowest BCUT2D eigenvalue weighted by Gasteiger charge is -2.18. The van der Waals surface area contributed by atoms with E-state index in [1.807, 2.05) is 18.2 Å². The van der Waals surface area contributed by atoms with Crippen molar-refractivity contribution >= 4 is 28.6 Å². The first-order valence-electron chi connectivity index (χ1n) is 11.0. The number of fused-ring (bicyclic) bond motifs is 1. The number of alkyl halides is 2. The number of hydrogen-bond acceptors (Lipinski definition) is 5. The molecule has 4 rings (SSSR count). The van der Waals surface area contributed by atoms with Crippen LogP contribution in [-0.4, -0.2) is 34.4 Å². The van der Waals surface area contributed by atoms with Crippen molar-refractivity contribution in [1.29, 1.82) is 0 Å². The standard InChI is InChI=1S/C24H25F2N3O3S/c25-23(26)32-18-11-9-16(10-12-18)13-14-27-21(30)15-33-24-28-20-8-4-3-7-19(20)22(31)29(24)17-5-1-2-6-17/h3-4,7-12,17,23H,1-2,5-6,13-15H2,(H,27,30). The SMILES string of the molecule is O=C(CSc1nc2ccccc2c(=O)n1C1CCCC1)NCCc1ccc(OC(F)F)cc1. The second kappa shape index (κ2) is 10.8. The van der Waals surface area contributed by atoms with Gasteiger partial charge in [0.2, 0.25) is 5.91 Å². The van der Waals surface area contributed by atoms with Crippen LogP contribution in [0.5, 0.6) is 5.75 Å². The number of nitrogens with zero attached hydrogens (tertiary/aromatic N) is 2. The number of nitrogens with one attached hydrogen (secondary N) is 1. The monoisotopic (exact) mass is 473 g/mol. The smallest absolute Gasteiger partial charge is 0.387 e. The molecule has 0 radical (unpaired) electrons. The summed E-state index contributed by atoms with van der Waals surface area (Å²) in [6.07, 6.45) is 4.63. The number of rotatable bonds is 9. The van der Waals surface area contributed by atoms with E-state index < -0.39 is 6.61 Å². The first-order chi connectivity index (χ1) is 16.0. The van der Waals surface area contributed by atoms with Gasteiger partial charge < -0.3 is 10.1 Å². The van der Waals surface area contributed by atoms with Crippen molar-refractivity contribution in [1.82, 2.24) is 14.9 Å². The highest BCUT2D eigenvalue weighted by molar-refractivity contribution is 7.99. The molecule has 1 amide bonds. The van der Waals surface area contributed by atoms with E-state index in [0.717, 1.165) is 31.2 Å². The molecule has 0 atom stereocenters. The Bertz CT molecular complexity index is 1160. The number of amides is 1. The molecule has 0 unspecified atom stereocenters. The van der Waals surface area contributed by atoms with E-state index in [0.29, 0.717) is 29.0 Å². The van der Waals surface area contributed by atoms with E-state index in [-0.39, 0.29) is 29.0 Å². The predicted molar refractivity (Wildman–Crippen MR) is 124 cm³/mol. The lowest BCUT2D eigenvalue weighted by Crippen LogP contribution is -2.29. The summed E-state index contributed by atoms with van der Waals surface area (Å²) in [5.41, 5.74) is 1.49. The zero-order valence-electron chi connectivity index (χ0n) is 18.0. The lowest BCUT2D eigenvalue weighted by molar-refractivity contribution is -0.118. The maximum atomic E-state index is 13.2. The molecule has 0 spiro atoms. The van der Waals surface area contributed by atoms with Crippen molar-refractivity contribution in [2.75, 3.05) is 12.3 Å². The van der Waals surface area contributed by atoms with Crippen molar-refractivity contribution < 1.29 is 18.3 Å². The molecule has 33 heavy (non-hydrogen) atoms. The third kappa shape index (κ3) is 5.90. The number of carbonyl (C=O) groups is 1. The first kappa shape index (κ1) is 23.2. The van der Waals surface area contributed by atoms with Gasteiger partial charge in [-0.25, -0.2) is 4.98 Å². The molecule has 1 aromatic heterocycles. The van der Waals surface area contributed by atoms with Gasteiger partial charge in [-0.2, -0.15) is 8.78 Å². The third-order valence-electron chi connectivity index (χ3n) is 5.68. The average Bonchev–Trinajstić information content (AvgIpc) is 3.33. The van der Waals surface area contributed by atoms with E-state index in [9.17, 15) is 18.4 Å². The Morgan fingerprint density at radius 2 is 1.88 bits per heavy atom. The molecule has 6 nitrogen and oxygen atoms in total. The fourth-order valence-electron chi connectivity index (χ4n) is 4.08. The van der Waals surface area contributed by atoms with Gasteiger partial charge in [-0.05, 0) is 49.1 Å². The number of carbonyl (C=O) groups excluding carboxylic acids is 1. The van der Waals surface area contributed by atoms with Crippen LogP contribution in [0.25, 0.3) is 10.9 Å². The Kier molecular flexibility index (Phi) is 7.59. The van der Waals surface area contributed by atoms with Crippen molar-refractivity contribution in [3.63, 3.8) is 0 Å². The summed E-state index contributed by atoms with van der Waals surface area (Å²) in [5.74, 6) is 0.0991. The van der Waals surface area contributed by atoms with Crippen LogP contribution in [-0.2, 0) is 11.2 Å². The highest BCUT2D eigenvalue weighted by atomic mass is 32.2. The molecule has 0 bridgehead atoms. The van der Waals surface area contributed by atoms with E-state index in [2.05, 4.69) is 15.0 Å². The van der Waals surface area contributed by atoms with Gasteiger partial charge in [-0.15, -0.1) is 0 Å². The highest BCUT2D eigenvalue weighted by Crippen LogP contribution is 2.32. The zero-order valence-corrected chi connectivity index (χ0v) is 18.8. The molecule has 2 aromatic carbocycles. The first-order valence-corrected chi connectivity index (χ1v) is 11.9. The molecule has 174 valence electrons. The van der Waals surface area contributed by atoms with Crippen LogP contribution >= 0.6 is 11.8 Å². The Morgan fingerprint density at radius 1 is 1.15 bits per heavy atom. The molecule has 1 heterocycles. The van der Waals surface area contributed by atoms with Gasteiger partial charge in [-0.3, -0.25) is 14.2 Å². The van der Waals surface area contributed by atoms with Gasteiger partial charge in [-0.1, -0.05) is 48.9 Å². The van der Waals surface area contributed by atoms with E-state index in [4.69, 9.17) is 0 Å². The van der Waals surface area contributed by atoms with Crippen molar-refractivity contribution in [3.05, 3.63) is 64.4 Å². The highest BCUT2D eigenvalue weighted by Gasteiger charge is 2.23. The Labute approximate surface area is 194 Å². The van der Waals surface area contributed by atoms with Gasteiger partial charge in [0, 0.05) is 12.6 Å². The fraction of sp³-hybridized carbons (Fsp3) is 0.375. The Morgan fingerprint density at radius 3 is 2.61 bits per heavy atom. The molecule has 1 fully saturated rings. The topological polar surface area (TPSA) is 73.2 Å². The number of ether oxygens (including phenoxy) is 1. The van der Waals surface area contributed by atoms with Crippen LogP contribution in [0.1, 0.15) is 37.3 Å². The van der Waals surface area contributed by atoms with E-state index >= 15 is 0 Å². The number of benzene rings is 2. The largest absolute Gasteiger partial charge is 0.435 e. The average molecular weight is 474 g/mol. The van der Waals surface area contributed by atoms with Crippen molar-refractivity contribution in [2.45, 2.75) is 49.9 Å². The summed E-state index contributed by atoms with van der Waals surface area (Å²) >= 11 is 1.28. The van der Waals surface area contributed by atoms with E-state index in [1.165, 1.54) is 23.9 Å². The van der Waals surface area contributed by atoms with Crippen LogP contribution in [0.2, 0.25) is 0 Å².